The average Bonchev–Trinajstić information content (AvgIpc) is 3.18. The van der Waals surface area contributed by atoms with Crippen molar-refractivity contribution in [3.05, 3.63) is 46.7 Å². The molecule has 0 bridgehead atoms. The molecule has 1 aromatic heterocycles. The Kier molecular flexibility index (Phi) is 8.47. The molecule has 0 spiro atoms. The third-order valence-corrected chi connectivity index (χ3v) is 4.99. The minimum absolute atomic E-state index is 0.0387. The van der Waals surface area contributed by atoms with Gasteiger partial charge in [0.15, 0.2) is 0 Å². The Balaban J connectivity index is 1.89. The molecule has 1 atom stereocenters. The van der Waals surface area contributed by atoms with Crippen molar-refractivity contribution in [2.75, 3.05) is 32.6 Å². The van der Waals surface area contributed by atoms with Gasteiger partial charge in [0.25, 0.3) is 5.91 Å². The first kappa shape index (κ1) is 21.9. The summed E-state index contributed by atoms with van der Waals surface area (Å²) < 4.78 is 5.70. The van der Waals surface area contributed by atoms with Gasteiger partial charge in [0, 0.05) is 12.2 Å². The fourth-order valence-electron chi connectivity index (χ4n) is 2.58. The lowest BCUT2D eigenvalue weighted by molar-refractivity contribution is -0.118. The smallest absolute Gasteiger partial charge is 0.262 e. The van der Waals surface area contributed by atoms with E-state index in [2.05, 4.69) is 15.5 Å². The number of carbonyl (C=O) groups excluding carboxylic acids is 2. The maximum atomic E-state index is 12.7. The van der Waals surface area contributed by atoms with Gasteiger partial charge >= 0.3 is 0 Å². The number of anilines is 1. The largest absolute Gasteiger partial charge is 0.494 e. The van der Waals surface area contributed by atoms with Crippen molar-refractivity contribution in [2.24, 2.45) is 5.92 Å². The normalized spacial score (nSPS) is 12.1. The maximum absolute atomic E-state index is 12.7. The Morgan fingerprint density at radius 2 is 1.86 bits per heavy atom. The van der Waals surface area contributed by atoms with Gasteiger partial charge < -0.3 is 20.3 Å². The van der Waals surface area contributed by atoms with E-state index in [-0.39, 0.29) is 17.7 Å². The van der Waals surface area contributed by atoms with Crippen LogP contribution in [0.4, 0.5) is 5.69 Å². The third-order valence-electron chi connectivity index (χ3n) is 4.12. The van der Waals surface area contributed by atoms with E-state index in [9.17, 15) is 9.59 Å². The number of ether oxygens (including phenoxy) is 1. The van der Waals surface area contributed by atoms with Crippen LogP contribution in [0.15, 0.2) is 41.8 Å². The van der Waals surface area contributed by atoms with Gasteiger partial charge in [0.1, 0.15) is 11.8 Å². The van der Waals surface area contributed by atoms with Crippen molar-refractivity contribution in [2.45, 2.75) is 26.3 Å². The summed E-state index contributed by atoms with van der Waals surface area (Å²) in [7, 11) is 4.06. The molecule has 0 aliphatic rings. The van der Waals surface area contributed by atoms with Gasteiger partial charge in [-0.05, 0) is 62.1 Å². The molecule has 0 aliphatic heterocycles. The Hall–Kier alpha value is -2.38. The quantitative estimate of drug-likeness (QED) is 0.596. The predicted molar refractivity (Wildman–Crippen MR) is 114 cm³/mol. The molecule has 7 heteroatoms. The zero-order chi connectivity index (χ0) is 20.5. The van der Waals surface area contributed by atoms with Crippen LogP contribution in [0.2, 0.25) is 0 Å². The van der Waals surface area contributed by atoms with E-state index in [1.807, 2.05) is 51.5 Å². The van der Waals surface area contributed by atoms with Crippen LogP contribution in [0.25, 0.3) is 0 Å². The molecule has 28 heavy (non-hydrogen) atoms. The summed E-state index contributed by atoms with van der Waals surface area (Å²) >= 11 is 1.35. The SMILES string of the molecule is CC(C)C(NC(=O)c1cccs1)C(=O)Nc1ccc(OCCCN(C)C)cc1. The molecule has 2 aromatic rings. The molecule has 0 fully saturated rings. The number of thiophene rings is 1. The van der Waals surface area contributed by atoms with Crippen molar-refractivity contribution >= 4 is 28.8 Å². The van der Waals surface area contributed by atoms with Gasteiger partial charge in [-0.1, -0.05) is 19.9 Å². The number of benzene rings is 1. The molecule has 1 unspecified atom stereocenters. The second kappa shape index (κ2) is 10.8. The second-order valence-electron chi connectivity index (χ2n) is 7.19. The Bertz CT molecular complexity index is 743. The van der Waals surface area contributed by atoms with Crippen molar-refractivity contribution in [1.82, 2.24) is 10.2 Å². The lowest BCUT2D eigenvalue weighted by Crippen LogP contribution is -2.46. The molecule has 2 rings (SSSR count). The van der Waals surface area contributed by atoms with Gasteiger partial charge in [0.2, 0.25) is 5.91 Å². The summed E-state index contributed by atoms with van der Waals surface area (Å²) in [5.74, 6) is 0.260. The summed E-state index contributed by atoms with van der Waals surface area (Å²) in [4.78, 5) is 27.7. The van der Waals surface area contributed by atoms with Crippen LogP contribution in [0, 0.1) is 5.92 Å². The van der Waals surface area contributed by atoms with Gasteiger partial charge in [0.05, 0.1) is 11.5 Å². The van der Waals surface area contributed by atoms with Crippen molar-refractivity contribution in [3.8, 4) is 5.75 Å². The molecular formula is C21H29N3O3S. The molecule has 0 saturated heterocycles. The standard InChI is InChI=1S/C21H29N3O3S/c1-15(2)19(23-20(25)18-7-5-14-28-18)21(26)22-16-8-10-17(11-9-16)27-13-6-12-24(3)4/h5,7-11,14-15,19H,6,12-13H2,1-4H3,(H,22,26)(H,23,25). The van der Waals surface area contributed by atoms with E-state index in [1.54, 1.807) is 18.2 Å². The molecule has 152 valence electrons. The van der Waals surface area contributed by atoms with E-state index in [0.717, 1.165) is 18.7 Å². The van der Waals surface area contributed by atoms with Crippen LogP contribution in [0.3, 0.4) is 0 Å². The first-order valence-corrected chi connectivity index (χ1v) is 10.3. The van der Waals surface area contributed by atoms with Gasteiger partial charge in [-0.25, -0.2) is 0 Å². The third kappa shape index (κ3) is 6.98. The number of nitrogens with one attached hydrogen (secondary N) is 2. The first-order chi connectivity index (χ1) is 13.4. The number of rotatable bonds is 10. The monoisotopic (exact) mass is 403 g/mol. The molecule has 6 nitrogen and oxygen atoms in total. The second-order valence-corrected chi connectivity index (χ2v) is 8.14. The summed E-state index contributed by atoms with van der Waals surface area (Å²) in [5.41, 5.74) is 0.668. The van der Waals surface area contributed by atoms with Crippen LogP contribution >= 0.6 is 11.3 Å². The van der Waals surface area contributed by atoms with Crippen LogP contribution < -0.4 is 15.4 Å². The summed E-state index contributed by atoms with van der Waals surface area (Å²) in [6.45, 7) is 5.43. The summed E-state index contributed by atoms with van der Waals surface area (Å²) in [5, 5.41) is 7.53. The number of nitrogens with zero attached hydrogens (tertiary/aromatic N) is 1. The van der Waals surface area contributed by atoms with Crippen molar-refractivity contribution in [3.63, 3.8) is 0 Å². The Morgan fingerprint density at radius 1 is 1.14 bits per heavy atom. The highest BCUT2D eigenvalue weighted by atomic mass is 32.1. The van der Waals surface area contributed by atoms with E-state index in [0.29, 0.717) is 17.2 Å². The number of hydrogen-bond acceptors (Lipinski definition) is 5. The van der Waals surface area contributed by atoms with Crippen LogP contribution in [0.5, 0.6) is 5.75 Å². The lowest BCUT2D eigenvalue weighted by Gasteiger charge is -2.21. The molecule has 1 heterocycles. The zero-order valence-corrected chi connectivity index (χ0v) is 17.7. The molecular weight excluding hydrogens is 374 g/mol. The van der Waals surface area contributed by atoms with Crippen LogP contribution in [-0.2, 0) is 4.79 Å². The van der Waals surface area contributed by atoms with Gasteiger partial charge in [-0.3, -0.25) is 9.59 Å². The first-order valence-electron chi connectivity index (χ1n) is 9.39. The molecule has 0 radical (unpaired) electrons. The fourth-order valence-corrected chi connectivity index (χ4v) is 3.21. The Labute approximate surface area is 170 Å². The van der Waals surface area contributed by atoms with Crippen molar-refractivity contribution in [1.29, 1.82) is 0 Å². The van der Waals surface area contributed by atoms with E-state index in [4.69, 9.17) is 4.74 Å². The molecule has 0 saturated carbocycles. The van der Waals surface area contributed by atoms with E-state index >= 15 is 0 Å². The summed E-state index contributed by atoms with van der Waals surface area (Å²) in [6, 6.07) is 10.2. The molecule has 2 amide bonds. The average molecular weight is 404 g/mol. The summed E-state index contributed by atoms with van der Waals surface area (Å²) in [6.07, 6.45) is 0.950. The Morgan fingerprint density at radius 3 is 2.43 bits per heavy atom. The predicted octanol–water partition coefficient (Wildman–Crippen LogP) is 3.47. The highest BCUT2D eigenvalue weighted by molar-refractivity contribution is 7.12. The number of amides is 2. The molecule has 1 aromatic carbocycles. The zero-order valence-electron chi connectivity index (χ0n) is 16.9. The highest BCUT2D eigenvalue weighted by Gasteiger charge is 2.25. The van der Waals surface area contributed by atoms with Gasteiger partial charge in [-0.2, -0.15) is 0 Å². The van der Waals surface area contributed by atoms with E-state index < -0.39 is 6.04 Å². The maximum Gasteiger partial charge on any atom is 0.262 e. The van der Waals surface area contributed by atoms with Crippen LogP contribution in [-0.4, -0.2) is 50.0 Å². The number of hydrogen-bond donors (Lipinski definition) is 2. The highest BCUT2D eigenvalue weighted by Crippen LogP contribution is 2.17. The topological polar surface area (TPSA) is 70.7 Å². The minimum Gasteiger partial charge on any atom is -0.494 e. The van der Waals surface area contributed by atoms with E-state index in [1.165, 1.54) is 11.3 Å². The van der Waals surface area contributed by atoms with Crippen molar-refractivity contribution < 1.29 is 14.3 Å². The molecule has 0 aliphatic carbocycles. The lowest BCUT2D eigenvalue weighted by atomic mass is 10.0. The minimum atomic E-state index is -0.614. The van der Waals surface area contributed by atoms with Crippen LogP contribution in [0.1, 0.15) is 29.9 Å². The van der Waals surface area contributed by atoms with Gasteiger partial charge in [-0.15, -0.1) is 11.3 Å². The fraction of sp³-hybridized carbons (Fsp3) is 0.429. The number of carbonyl (C=O) groups is 2. The molecule has 2 N–H and O–H groups in total.